The van der Waals surface area contributed by atoms with Gasteiger partial charge in [-0.25, -0.2) is 0 Å². The molecule has 0 radical (unpaired) electrons. The molecular formula is C10H14OS2. The number of aryl methyl sites for hydroxylation is 1. The van der Waals surface area contributed by atoms with Crippen LogP contribution >= 0.6 is 23.1 Å². The molecule has 0 aromatic carbocycles. The van der Waals surface area contributed by atoms with Crippen molar-refractivity contribution in [3.8, 4) is 0 Å². The van der Waals surface area contributed by atoms with Gasteiger partial charge < -0.3 is 0 Å². The van der Waals surface area contributed by atoms with Crippen LogP contribution < -0.4 is 0 Å². The summed E-state index contributed by atoms with van der Waals surface area (Å²) in [6.45, 7) is 4.16. The third-order valence-corrected chi connectivity index (χ3v) is 3.66. The Hall–Kier alpha value is -0.280. The van der Waals surface area contributed by atoms with Crippen molar-refractivity contribution in [3.63, 3.8) is 0 Å². The van der Waals surface area contributed by atoms with Crippen molar-refractivity contribution in [2.24, 2.45) is 0 Å². The van der Waals surface area contributed by atoms with Crippen LogP contribution in [-0.2, 0) is 0 Å². The summed E-state index contributed by atoms with van der Waals surface area (Å²) in [6.07, 6.45) is 1.14. The lowest BCUT2D eigenvalue weighted by Gasteiger charge is -1.96. The molecule has 0 N–H and O–H groups in total. The Balaban J connectivity index is 2.40. The monoisotopic (exact) mass is 214 g/mol. The zero-order valence-electron chi connectivity index (χ0n) is 8.00. The molecule has 0 saturated heterocycles. The number of rotatable bonds is 5. The van der Waals surface area contributed by atoms with E-state index in [0.29, 0.717) is 5.75 Å². The number of hydrogen-bond acceptors (Lipinski definition) is 3. The average molecular weight is 214 g/mol. The van der Waals surface area contributed by atoms with Crippen molar-refractivity contribution in [1.29, 1.82) is 0 Å². The van der Waals surface area contributed by atoms with Gasteiger partial charge in [-0.3, -0.25) is 4.79 Å². The number of carbonyl (C=O) groups is 1. The Bertz CT molecular complexity index is 278. The van der Waals surface area contributed by atoms with Gasteiger partial charge in [0, 0.05) is 15.8 Å². The molecule has 0 bridgehead atoms. The normalized spacial score (nSPS) is 10.3. The van der Waals surface area contributed by atoms with E-state index in [4.69, 9.17) is 0 Å². The second kappa shape index (κ2) is 5.45. The summed E-state index contributed by atoms with van der Waals surface area (Å²) >= 11 is 3.36. The maximum Gasteiger partial charge on any atom is 0.173 e. The zero-order valence-corrected chi connectivity index (χ0v) is 9.63. The maximum atomic E-state index is 11.5. The van der Waals surface area contributed by atoms with Crippen LogP contribution in [0.3, 0.4) is 0 Å². The smallest absolute Gasteiger partial charge is 0.173 e. The minimum atomic E-state index is 0.266. The van der Waals surface area contributed by atoms with E-state index < -0.39 is 0 Å². The summed E-state index contributed by atoms with van der Waals surface area (Å²) in [6, 6.07) is 1.97. The van der Waals surface area contributed by atoms with Gasteiger partial charge in [0.25, 0.3) is 0 Å². The van der Waals surface area contributed by atoms with E-state index in [-0.39, 0.29) is 5.78 Å². The summed E-state index contributed by atoms with van der Waals surface area (Å²) in [7, 11) is 0. The molecule has 13 heavy (non-hydrogen) atoms. The third kappa shape index (κ3) is 3.53. The first-order valence-corrected chi connectivity index (χ1v) is 6.43. The predicted molar refractivity (Wildman–Crippen MR) is 61.0 cm³/mol. The van der Waals surface area contributed by atoms with Crippen molar-refractivity contribution >= 4 is 28.9 Å². The highest BCUT2D eigenvalue weighted by atomic mass is 32.2. The number of hydrogen-bond donors (Lipinski definition) is 0. The molecule has 3 heteroatoms. The Kier molecular flexibility index (Phi) is 4.53. The van der Waals surface area contributed by atoms with Gasteiger partial charge in [0.1, 0.15) is 0 Å². The molecule has 0 fully saturated rings. The highest BCUT2D eigenvalue weighted by Crippen LogP contribution is 2.15. The van der Waals surface area contributed by atoms with E-state index in [1.165, 1.54) is 4.88 Å². The number of ketones is 1. The van der Waals surface area contributed by atoms with Crippen molar-refractivity contribution < 1.29 is 4.79 Å². The van der Waals surface area contributed by atoms with Gasteiger partial charge in [-0.2, -0.15) is 11.8 Å². The first kappa shape index (κ1) is 10.8. The highest BCUT2D eigenvalue weighted by molar-refractivity contribution is 7.99. The maximum absolute atomic E-state index is 11.5. The average Bonchev–Trinajstić information content (AvgIpc) is 2.52. The topological polar surface area (TPSA) is 17.1 Å². The van der Waals surface area contributed by atoms with Crippen molar-refractivity contribution in [2.45, 2.75) is 20.3 Å². The molecule has 0 unspecified atom stereocenters. The molecule has 0 aliphatic carbocycles. The largest absolute Gasteiger partial charge is 0.293 e. The summed E-state index contributed by atoms with van der Waals surface area (Å²) in [5.41, 5.74) is 0.881. The molecule has 1 rings (SSSR count). The first-order chi connectivity index (χ1) is 6.24. The summed E-state index contributed by atoms with van der Waals surface area (Å²) in [5, 5.41) is 1.95. The van der Waals surface area contributed by atoms with E-state index in [1.807, 2.05) is 18.4 Å². The molecule has 1 aromatic rings. The fourth-order valence-electron chi connectivity index (χ4n) is 0.982. The van der Waals surface area contributed by atoms with Crippen LogP contribution in [0, 0.1) is 6.92 Å². The zero-order chi connectivity index (χ0) is 9.68. The molecule has 72 valence electrons. The van der Waals surface area contributed by atoms with Gasteiger partial charge in [-0.05, 0) is 25.2 Å². The second-order valence-corrected chi connectivity index (χ2v) is 5.14. The van der Waals surface area contributed by atoms with E-state index in [9.17, 15) is 4.79 Å². The van der Waals surface area contributed by atoms with Gasteiger partial charge in [0.2, 0.25) is 0 Å². The highest BCUT2D eigenvalue weighted by Gasteiger charge is 2.06. The molecule has 1 heterocycles. The van der Waals surface area contributed by atoms with Gasteiger partial charge in [-0.15, -0.1) is 11.3 Å². The quantitative estimate of drug-likeness (QED) is 0.552. The second-order valence-electron chi connectivity index (χ2n) is 2.92. The first-order valence-electron chi connectivity index (χ1n) is 4.40. The van der Waals surface area contributed by atoms with Gasteiger partial charge >= 0.3 is 0 Å². The SMILES string of the molecule is CCCSCC(=O)c1csc(C)c1. The molecule has 0 aliphatic heterocycles. The minimum absolute atomic E-state index is 0.266. The van der Waals surface area contributed by atoms with Crippen molar-refractivity contribution in [1.82, 2.24) is 0 Å². The van der Waals surface area contributed by atoms with Gasteiger partial charge in [0.05, 0.1) is 5.75 Å². The predicted octanol–water partition coefficient (Wildman–Crippen LogP) is 3.38. The van der Waals surface area contributed by atoms with Gasteiger partial charge in [-0.1, -0.05) is 6.92 Å². The van der Waals surface area contributed by atoms with E-state index in [0.717, 1.165) is 17.7 Å². The molecule has 0 atom stereocenters. The minimum Gasteiger partial charge on any atom is -0.293 e. The number of thioether (sulfide) groups is 1. The van der Waals surface area contributed by atoms with Crippen LogP contribution in [0.5, 0.6) is 0 Å². The molecule has 0 spiro atoms. The fraction of sp³-hybridized carbons (Fsp3) is 0.500. The lowest BCUT2D eigenvalue weighted by molar-refractivity contribution is 0.102. The van der Waals surface area contributed by atoms with E-state index >= 15 is 0 Å². The lowest BCUT2D eigenvalue weighted by Crippen LogP contribution is -2.00. The van der Waals surface area contributed by atoms with Crippen LogP contribution in [0.1, 0.15) is 28.6 Å². The Morgan fingerprint density at radius 3 is 2.92 bits per heavy atom. The third-order valence-electron chi connectivity index (χ3n) is 1.63. The summed E-state index contributed by atoms with van der Waals surface area (Å²) in [5.74, 6) is 1.97. The molecule has 0 amide bonds. The Morgan fingerprint density at radius 1 is 1.62 bits per heavy atom. The van der Waals surface area contributed by atoms with Crippen molar-refractivity contribution in [3.05, 3.63) is 21.9 Å². The standard InChI is InChI=1S/C10H14OS2/c1-3-4-12-7-10(11)9-5-8(2)13-6-9/h5-6H,3-4,7H2,1-2H3. The van der Waals surface area contributed by atoms with E-state index in [2.05, 4.69) is 6.92 Å². The molecule has 0 aliphatic rings. The molecule has 1 nitrogen and oxygen atoms in total. The van der Waals surface area contributed by atoms with Crippen LogP contribution in [0.2, 0.25) is 0 Å². The molecular weight excluding hydrogens is 200 g/mol. The van der Waals surface area contributed by atoms with Crippen molar-refractivity contribution in [2.75, 3.05) is 11.5 Å². The number of Topliss-reactive ketones (excluding diaryl/α,β-unsaturated/α-hetero) is 1. The van der Waals surface area contributed by atoms with Crippen LogP contribution in [0.25, 0.3) is 0 Å². The summed E-state index contributed by atoms with van der Waals surface area (Å²) < 4.78 is 0. The molecule has 0 saturated carbocycles. The van der Waals surface area contributed by atoms with Crippen LogP contribution in [0.15, 0.2) is 11.4 Å². The lowest BCUT2D eigenvalue weighted by atomic mass is 10.2. The molecule has 1 aromatic heterocycles. The number of thiophene rings is 1. The van der Waals surface area contributed by atoms with Crippen LogP contribution in [0.4, 0.5) is 0 Å². The Labute approximate surface area is 87.5 Å². The number of carbonyl (C=O) groups excluding carboxylic acids is 1. The summed E-state index contributed by atoms with van der Waals surface area (Å²) in [4.78, 5) is 12.7. The van der Waals surface area contributed by atoms with E-state index in [1.54, 1.807) is 23.1 Å². The Morgan fingerprint density at radius 2 is 2.38 bits per heavy atom. The van der Waals surface area contributed by atoms with Crippen LogP contribution in [-0.4, -0.2) is 17.3 Å². The fourth-order valence-corrected chi connectivity index (χ4v) is 2.47. The van der Waals surface area contributed by atoms with Gasteiger partial charge in [0.15, 0.2) is 5.78 Å².